The van der Waals surface area contributed by atoms with Gasteiger partial charge in [0.25, 0.3) is 0 Å². The maximum Gasteiger partial charge on any atom is 0.246 e. The molecule has 0 aromatic heterocycles. The van der Waals surface area contributed by atoms with Crippen molar-refractivity contribution in [2.45, 2.75) is 56.4 Å². The average Bonchev–Trinajstić information content (AvgIpc) is 3.39. The van der Waals surface area contributed by atoms with Crippen LogP contribution in [0.25, 0.3) is 6.08 Å². The normalized spacial score (nSPS) is 28.0. The van der Waals surface area contributed by atoms with Crippen molar-refractivity contribution in [3.8, 4) is 0 Å². The standard InChI is InChI=1S/C21H29N3OS/c1-15-20(13-22-23-15)24(14-19-6-3-11-26-19)21(25)10-8-16-7-9-17-4-2-5-18(17)12-16/h7-10,12,15,19-20,22-23H,2-6,11,13-14H2,1H3/b10-8+. The van der Waals surface area contributed by atoms with Crippen molar-refractivity contribution in [2.75, 3.05) is 18.8 Å². The molecule has 5 heteroatoms. The third-order valence-corrected chi connectivity index (χ3v) is 7.25. The van der Waals surface area contributed by atoms with Crippen LogP contribution in [0.4, 0.5) is 0 Å². The molecule has 140 valence electrons. The number of rotatable bonds is 5. The summed E-state index contributed by atoms with van der Waals surface area (Å²) in [7, 11) is 0. The number of carbonyl (C=O) groups excluding carboxylic acids is 1. The lowest BCUT2D eigenvalue weighted by Gasteiger charge is -2.32. The Bertz CT molecular complexity index is 684. The number of nitrogens with one attached hydrogen (secondary N) is 2. The molecule has 2 fully saturated rings. The lowest BCUT2D eigenvalue weighted by molar-refractivity contribution is -0.128. The fraction of sp³-hybridized carbons (Fsp3) is 0.571. The van der Waals surface area contributed by atoms with Crippen molar-refractivity contribution in [1.29, 1.82) is 0 Å². The number of carbonyl (C=O) groups is 1. The Hall–Kier alpha value is -1.30. The maximum atomic E-state index is 13.0. The summed E-state index contributed by atoms with van der Waals surface area (Å²) in [6.07, 6.45) is 9.91. The Labute approximate surface area is 160 Å². The zero-order chi connectivity index (χ0) is 17.9. The number of hydrogen-bond donors (Lipinski definition) is 2. The summed E-state index contributed by atoms with van der Waals surface area (Å²) in [4.78, 5) is 15.1. The first-order valence-electron chi connectivity index (χ1n) is 9.91. The highest BCUT2D eigenvalue weighted by atomic mass is 32.2. The van der Waals surface area contributed by atoms with E-state index in [2.05, 4.69) is 40.9 Å². The van der Waals surface area contributed by atoms with Crippen LogP contribution in [0.15, 0.2) is 24.3 Å². The second-order valence-electron chi connectivity index (χ2n) is 7.72. The second kappa shape index (κ2) is 8.15. The van der Waals surface area contributed by atoms with Gasteiger partial charge in [-0.05, 0) is 67.5 Å². The number of nitrogens with zero attached hydrogens (tertiary/aromatic N) is 1. The van der Waals surface area contributed by atoms with Crippen molar-refractivity contribution in [3.63, 3.8) is 0 Å². The summed E-state index contributed by atoms with van der Waals surface area (Å²) in [6.45, 7) is 3.82. The molecule has 0 radical (unpaired) electrons. The first kappa shape index (κ1) is 18.1. The molecule has 2 N–H and O–H groups in total. The number of amides is 1. The molecule has 1 aliphatic carbocycles. The van der Waals surface area contributed by atoms with Crippen LogP contribution in [0.5, 0.6) is 0 Å². The van der Waals surface area contributed by atoms with Crippen LogP contribution in [0.1, 0.15) is 42.9 Å². The lowest BCUT2D eigenvalue weighted by atomic mass is 10.1. The van der Waals surface area contributed by atoms with Gasteiger partial charge in [-0.3, -0.25) is 15.6 Å². The molecule has 1 aromatic carbocycles. The van der Waals surface area contributed by atoms with Gasteiger partial charge in [-0.1, -0.05) is 18.2 Å². The Kier molecular flexibility index (Phi) is 5.67. The largest absolute Gasteiger partial charge is 0.332 e. The highest BCUT2D eigenvalue weighted by Gasteiger charge is 2.33. The van der Waals surface area contributed by atoms with Crippen molar-refractivity contribution >= 4 is 23.7 Å². The summed E-state index contributed by atoms with van der Waals surface area (Å²) in [5.41, 5.74) is 10.5. The predicted molar refractivity (Wildman–Crippen MR) is 109 cm³/mol. The van der Waals surface area contributed by atoms with Crippen molar-refractivity contribution in [3.05, 3.63) is 41.0 Å². The Morgan fingerprint density at radius 2 is 2.19 bits per heavy atom. The van der Waals surface area contributed by atoms with E-state index in [-0.39, 0.29) is 18.0 Å². The van der Waals surface area contributed by atoms with Gasteiger partial charge >= 0.3 is 0 Å². The highest BCUT2D eigenvalue weighted by Crippen LogP contribution is 2.28. The fourth-order valence-corrected chi connectivity index (χ4v) is 5.60. The van der Waals surface area contributed by atoms with Crippen molar-refractivity contribution in [1.82, 2.24) is 15.8 Å². The number of aryl methyl sites for hydroxylation is 2. The number of benzene rings is 1. The molecule has 1 aromatic rings. The van der Waals surface area contributed by atoms with Gasteiger partial charge in [-0.25, -0.2) is 0 Å². The first-order chi connectivity index (χ1) is 12.7. The molecule has 0 bridgehead atoms. The van der Waals surface area contributed by atoms with Crippen LogP contribution in [-0.2, 0) is 17.6 Å². The van der Waals surface area contributed by atoms with E-state index in [0.29, 0.717) is 5.25 Å². The third-order valence-electron chi connectivity index (χ3n) is 5.87. The van der Waals surface area contributed by atoms with Gasteiger partial charge in [-0.2, -0.15) is 11.8 Å². The van der Waals surface area contributed by atoms with Crippen LogP contribution >= 0.6 is 11.8 Å². The van der Waals surface area contributed by atoms with Gasteiger partial charge in [-0.15, -0.1) is 0 Å². The monoisotopic (exact) mass is 371 g/mol. The number of hydrazine groups is 1. The minimum absolute atomic E-state index is 0.139. The Morgan fingerprint density at radius 3 is 2.96 bits per heavy atom. The molecule has 3 unspecified atom stereocenters. The third kappa shape index (κ3) is 4.00. The minimum atomic E-state index is 0.139. The zero-order valence-corrected chi connectivity index (χ0v) is 16.4. The van der Waals surface area contributed by atoms with Crippen LogP contribution in [0.3, 0.4) is 0 Å². The van der Waals surface area contributed by atoms with Crippen molar-refractivity contribution < 1.29 is 4.79 Å². The second-order valence-corrected chi connectivity index (χ2v) is 9.13. The van der Waals surface area contributed by atoms with E-state index in [1.54, 1.807) is 6.08 Å². The summed E-state index contributed by atoms with van der Waals surface area (Å²) in [5, 5.41) is 0.583. The maximum absolute atomic E-state index is 13.0. The van der Waals surface area contributed by atoms with E-state index >= 15 is 0 Å². The van der Waals surface area contributed by atoms with Gasteiger partial charge in [0.1, 0.15) is 0 Å². The molecule has 26 heavy (non-hydrogen) atoms. The van der Waals surface area contributed by atoms with Crippen LogP contribution in [0, 0.1) is 0 Å². The van der Waals surface area contributed by atoms with E-state index in [0.717, 1.165) is 18.7 Å². The average molecular weight is 372 g/mol. The van der Waals surface area contributed by atoms with Crippen LogP contribution < -0.4 is 10.9 Å². The molecule has 2 aliphatic heterocycles. The molecule has 0 spiro atoms. The van der Waals surface area contributed by atoms with E-state index < -0.39 is 0 Å². The molecule has 3 aliphatic rings. The topological polar surface area (TPSA) is 44.4 Å². The quantitative estimate of drug-likeness (QED) is 0.781. The summed E-state index contributed by atoms with van der Waals surface area (Å²) >= 11 is 2.02. The van der Waals surface area contributed by atoms with Crippen LogP contribution in [0.2, 0.25) is 0 Å². The molecular formula is C21H29N3OS. The smallest absolute Gasteiger partial charge is 0.246 e. The van der Waals surface area contributed by atoms with Gasteiger partial charge in [0.15, 0.2) is 0 Å². The molecule has 4 rings (SSSR count). The molecular weight excluding hydrogens is 342 g/mol. The molecule has 2 heterocycles. The zero-order valence-electron chi connectivity index (χ0n) is 15.5. The SMILES string of the molecule is CC1NNCC1N(CC1CCCS1)C(=O)/C=C/c1ccc2c(c1)CCC2. The fourth-order valence-electron chi connectivity index (χ4n) is 4.33. The van der Waals surface area contributed by atoms with Gasteiger partial charge < -0.3 is 4.90 Å². The number of thioether (sulfide) groups is 1. The highest BCUT2D eigenvalue weighted by molar-refractivity contribution is 8.00. The Balaban J connectivity index is 1.47. The van der Waals surface area contributed by atoms with E-state index in [9.17, 15) is 4.79 Å². The molecule has 2 saturated heterocycles. The van der Waals surface area contributed by atoms with E-state index in [1.807, 2.05) is 17.8 Å². The molecule has 0 saturated carbocycles. The van der Waals surface area contributed by atoms with Crippen molar-refractivity contribution in [2.24, 2.45) is 0 Å². The summed E-state index contributed by atoms with van der Waals surface area (Å²) in [6, 6.07) is 7.12. The molecule has 1 amide bonds. The van der Waals surface area contributed by atoms with Crippen LogP contribution in [-0.4, -0.2) is 47.0 Å². The van der Waals surface area contributed by atoms with E-state index in [4.69, 9.17) is 0 Å². The summed E-state index contributed by atoms with van der Waals surface area (Å²) < 4.78 is 0. The molecule has 3 atom stereocenters. The van der Waals surface area contributed by atoms with Gasteiger partial charge in [0.05, 0.1) is 6.04 Å². The number of fused-ring (bicyclic) bond motifs is 1. The molecule has 4 nitrogen and oxygen atoms in total. The number of hydrogen-bond acceptors (Lipinski definition) is 4. The minimum Gasteiger partial charge on any atom is -0.332 e. The Morgan fingerprint density at radius 1 is 1.31 bits per heavy atom. The van der Waals surface area contributed by atoms with Gasteiger partial charge in [0.2, 0.25) is 5.91 Å². The predicted octanol–water partition coefficient (Wildman–Crippen LogP) is 2.78. The summed E-state index contributed by atoms with van der Waals surface area (Å²) in [5.74, 6) is 1.37. The first-order valence-corrected chi connectivity index (χ1v) is 11.0. The lowest BCUT2D eigenvalue weighted by Crippen LogP contribution is -2.48. The van der Waals surface area contributed by atoms with Gasteiger partial charge in [0, 0.05) is 30.5 Å². The van der Waals surface area contributed by atoms with E-state index in [1.165, 1.54) is 49.0 Å².